The van der Waals surface area contributed by atoms with Gasteiger partial charge in [-0.1, -0.05) is 29.4 Å². The van der Waals surface area contributed by atoms with Crippen molar-refractivity contribution in [3.63, 3.8) is 0 Å². The lowest BCUT2D eigenvalue weighted by Crippen LogP contribution is -2.47. The minimum absolute atomic E-state index is 0.0402. The molecule has 2 aromatic carbocycles. The molecule has 5 aliphatic rings. The van der Waals surface area contributed by atoms with E-state index in [9.17, 15) is 4.79 Å². The first-order valence-corrected chi connectivity index (χ1v) is 18.7. The van der Waals surface area contributed by atoms with E-state index in [4.69, 9.17) is 14.2 Å². The molecule has 250 valence electrons. The Bertz CT molecular complexity index is 1820. The molecule has 2 aliphatic heterocycles. The highest BCUT2D eigenvalue weighted by molar-refractivity contribution is 5.98. The van der Waals surface area contributed by atoms with Gasteiger partial charge in [-0.05, 0) is 125 Å². The highest BCUT2D eigenvalue weighted by Gasteiger charge is 2.47. The molecule has 0 atom stereocenters. The van der Waals surface area contributed by atoms with Gasteiger partial charge in [0.1, 0.15) is 22.9 Å². The zero-order chi connectivity index (χ0) is 32.2. The second-order valence-corrected chi connectivity index (χ2v) is 15.7. The fourth-order valence-electron chi connectivity index (χ4n) is 9.00. The van der Waals surface area contributed by atoms with Crippen LogP contribution in [0.1, 0.15) is 110 Å². The van der Waals surface area contributed by atoms with Crippen LogP contribution in [0.15, 0.2) is 53.1 Å². The molecule has 0 unspecified atom stereocenters. The number of fused-ring (bicyclic) bond motifs is 1. The van der Waals surface area contributed by atoms with E-state index in [1.165, 1.54) is 79.5 Å². The van der Waals surface area contributed by atoms with Crippen molar-refractivity contribution in [2.24, 2.45) is 11.3 Å². The molecule has 0 bridgehead atoms. The minimum atomic E-state index is 0.0402. The summed E-state index contributed by atoms with van der Waals surface area (Å²) in [6.45, 7) is 5.98. The second-order valence-electron chi connectivity index (χ2n) is 15.7. The summed E-state index contributed by atoms with van der Waals surface area (Å²) in [6, 6.07) is 17.1. The predicted octanol–water partition coefficient (Wildman–Crippen LogP) is 8.87. The molecule has 1 amide bonds. The van der Waals surface area contributed by atoms with Crippen molar-refractivity contribution in [1.29, 1.82) is 0 Å². The third-order valence-electron chi connectivity index (χ3n) is 12.3. The molecule has 4 aromatic rings. The summed E-state index contributed by atoms with van der Waals surface area (Å²) >= 11 is 0. The summed E-state index contributed by atoms with van der Waals surface area (Å²) in [5, 5.41) is 5.67. The van der Waals surface area contributed by atoms with E-state index >= 15 is 0 Å². The van der Waals surface area contributed by atoms with Gasteiger partial charge < -0.3 is 19.1 Å². The van der Waals surface area contributed by atoms with Gasteiger partial charge in [0.05, 0.1) is 11.6 Å². The maximum atomic E-state index is 13.4. The average molecular weight is 645 g/mol. The van der Waals surface area contributed by atoms with E-state index in [1.54, 1.807) is 0 Å². The molecule has 1 spiro atoms. The summed E-state index contributed by atoms with van der Waals surface area (Å²) in [6.07, 6.45) is 15.6. The molecule has 9 rings (SSSR count). The first kappa shape index (κ1) is 30.2. The van der Waals surface area contributed by atoms with Gasteiger partial charge in [-0.15, -0.1) is 0 Å². The van der Waals surface area contributed by atoms with Gasteiger partial charge in [-0.3, -0.25) is 4.79 Å². The Morgan fingerprint density at radius 3 is 2.46 bits per heavy atom. The quantitative estimate of drug-likeness (QED) is 0.191. The molecule has 7 nitrogen and oxygen atoms in total. The molecule has 2 saturated heterocycles. The average Bonchev–Trinajstić information content (AvgIpc) is 3.85. The van der Waals surface area contributed by atoms with Crippen LogP contribution < -0.4 is 9.64 Å². The Balaban J connectivity index is 0.890. The minimum Gasteiger partial charge on any atom is -0.490 e. The van der Waals surface area contributed by atoms with Gasteiger partial charge in [0.15, 0.2) is 0 Å². The van der Waals surface area contributed by atoms with Crippen LogP contribution in [0.5, 0.6) is 5.75 Å². The lowest BCUT2D eigenvalue weighted by atomic mass is 9.56. The molecule has 0 radical (unpaired) electrons. The smallest absolute Gasteiger partial charge is 0.272 e. The van der Waals surface area contributed by atoms with Crippen molar-refractivity contribution < 1.29 is 14.1 Å². The van der Waals surface area contributed by atoms with Crippen LogP contribution in [0.3, 0.4) is 0 Å². The normalized spacial score (nSPS) is 21.4. The Hall–Kier alpha value is -3.87. The van der Waals surface area contributed by atoms with E-state index in [-0.39, 0.29) is 12.0 Å². The lowest BCUT2D eigenvalue weighted by Gasteiger charge is -2.53. The van der Waals surface area contributed by atoms with Crippen LogP contribution in [0.4, 0.5) is 5.69 Å². The monoisotopic (exact) mass is 644 g/mol. The molecule has 48 heavy (non-hydrogen) atoms. The largest absolute Gasteiger partial charge is 0.490 e. The zero-order valence-electron chi connectivity index (χ0n) is 28.4. The third-order valence-corrected chi connectivity index (χ3v) is 12.3. The number of pyridine rings is 1. The standard InChI is InChI=1S/C41H48N4O3/c1-27-8-3-4-11-32(27)38-34(39(48-43-38)29-12-13-29)22-28-25-41(26-28)16-20-44(21-17-41)30-14-15-35-33(23-30)37(47-31-9-7-10-31)24-36(42-35)40(46)45-18-5-2-6-19-45/h3-4,8,11,14-15,23-24,28-29,31H,2,5-7,9-10,12-13,16-22,25-26H2,1H3. The number of likely N-dealkylation sites (tertiary alicyclic amines) is 1. The van der Waals surface area contributed by atoms with Crippen LogP contribution >= 0.6 is 0 Å². The highest BCUT2D eigenvalue weighted by Crippen LogP contribution is 2.55. The van der Waals surface area contributed by atoms with Crippen molar-refractivity contribution in [3.8, 4) is 17.0 Å². The number of carbonyl (C=O) groups excluding carboxylic acids is 1. The number of benzene rings is 2. The van der Waals surface area contributed by atoms with Gasteiger partial charge in [-0.25, -0.2) is 4.98 Å². The lowest BCUT2D eigenvalue weighted by molar-refractivity contribution is 0.0282. The number of aryl methyl sites for hydroxylation is 1. The van der Waals surface area contributed by atoms with E-state index in [0.29, 0.717) is 22.9 Å². The Morgan fingerprint density at radius 1 is 0.938 bits per heavy atom. The molecule has 7 heteroatoms. The van der Waals surface area contributed by atoms with Crippen LogP contribution in [-0.4, -0.2) is 53.2 Å². The molecule has 3 saturated carbocycles. The van der Waals surface area contributed by atoms with E-state index in [2.05, 4.69) is 59.4 Å². The number of anilines is 1. The predicted molar refractivity (Wildman–Crippen MR) is 189 cm³/mol. The summed E-state index contributed by atoms with van der Waals surface area (Å²) in [5.41, 5.74) is 8.04. The summed E-state index contributed by atoms with van der Waals surface area (Å²) in [4.78, 5) is 22.8. The number of carbonyl (C=O) groups is 1. The van der Waals surface area contributed by atoms with Crippen LogP contribution in [0, 0.1) is 18.3 Å². The maximum Gasteiger partial charge on any atom is 0.272 e. The summed E-state index contributed by atoms with van der Waals surface area (Å²) in [5.74, 6) is 3.31. The van der Waals surface area contributed by atoms with E-state index < -0.39 is 0 Å². The summed E-state index contributed by atoms with van der Waals surface area (Å²) < 4.78 is 12.6. The van der Waals surface area contributed by atoms with Gasteiger partial charge in [-0.2, -0.15) is 0 Å². The zero-order valence-corrected chi connectivity index (χ0v) is 28.4. The van der Waals surface area contributed by atoms with Gasteiger partial charge in [0, 0.05) is 60.4 Å². The summed E-state index contributed by atoms with van der Waals surface area (Å²) in [7, 11) is 0. The highest BCUT2D eigenvalue weighted by atomic mass is 16.5. The number of piperidine rings is 2. The SMILES string of the molecule is Cc1ccccc1-c1noc(C2CC2)c1CC1CC2(CCN(c3ccc4nc(C(=O)N5CCCCC5)cc(OC5CCC5)c4c3)CC2)C1. The molecule has 2 aromatic heterocycles. The van der Waals surface area contributed by atoms with Crippen molar-refractivity contribution in [2.45, 2.75) is 102 Å². The van der Waals surface area contributed by atoms with Crippen molar-refractivity contribution >= 4 is 22.5 Å². The first-order valence-electron chi connectivity index (χ1n) is 18.7. The Morgan fingerprint density at radius 2 is 1.73 bits per heavy atom. The third kappa shape index (κ3) is 5.67. The first-order chi connectivity index (χ1) is 23.5. The molecule has 0 N–H and O–H groups in total. The molecule has 4 heterocycles. The van der Waals surface area contributed by atoms with E-state index in [0.717, 1.165) is 80.6 Å². The number of rotatable bonds is 8. The van der Waals surface area contributed by atoms with Gasteiger partial charge >= 0.3 is 0 Å². The number of nitrogens with zero attached hydrogens (tertiary/aromatic N) is 4. The number of aromatic nitrogens is 2. The Labute approximate surface area is 284 Å². The Kier molecular flexibility index (Phi) is 7.69. The topological polar surface area (TPSA) is 71.7 Å². The van der Waals surface area contributed by atoms with Crippen LogP contribution in [0.25, 0.3) is 22.2 Å². The van der Waals surface area contributed by atoms with Crippen molar-refractivity contribution in [3.05, 3.63) is 71.1 Å². The fraction of sp³-hybridized carbons (Fsp3) is 0.537. The number of hydrogen-bond acceptors (Lipinski definition) is 6. The maximum absolute atomic E-state index is 13.4. The van der Waals surface area contributed by atoms with Crippen molar-refractivity contribution in [1.82, 2.24) is 15.0 Å². The van der Waals surface area contributed by atoms with Crippen molar-refractivity contribution in [2.75, 3.05) is 31.1 Å². The van der Waals surface area contributed by atoms with E-state index in [1.807, 2.05) is 11.0 Å². The molecular weight excluding hydrogens is 596 g/mol. The van der Waals surface area contributed by atoms with Crippen LogP contribution in [0.2, 0.25) is 0 Å². The number of ether oxygens (including phenoxy) is 1. The molecule has 5 fully saturated rings. The van der Waals surface area contributed by atoms with Gasteiger partial charge in [0.2, 0.25) is 0 Å². The van der Waals surface area contributed by atoms with Crippen LogP contribution in [-0.2, 0) is 6.42 Å². The number of amides is 1. The fourth-order valence-corrected chi connectivity index (χ4v) is 9.00. The van der Waals surface area contributed by atoms with Gasteiger partial charge in [0.25, 0.3) is 5.91 Å². The second kappa shape index (κ2) is 12.2. The molecular formula is C41H48N4O3. The number of hydrogen-bond donors (Lipinski definition) is 0. The molecule has 3 aliphatic carbocycles.